The average Bonchev–Trinajstić information content (AvgIpc) is 3.00. The summed E-state index contributed by atoms with van der Waals surface area (Å²) in [6, 6.07) is -1.03. The first kappa shape index (κ1) is 21.1. The van der Waals surface area contributed by atoms with Crippen molar-refractivity contribution >= 4 is 29.7 Å². The largest absolute Gasteiger partial charge is 0.475 e. The van der Waals surface area contributed by atoms with Crippen molar-refractivity contribution < 1.29 is 38.7 Å². The molecule has 1 atom stereocenters. The summed E-state index contributed by atoms with van der Waals surface area (Å²) in [6.07, 6.45) is -0.672. The van der Waals surface area contributed by atoms with Crippen LogP contribution in [0.3, 0.4) is 0 Å². The molecule has 1 aliphatic rings. The number of amides is 3. The molecule has 0 bridgehead atoms. The molecular weight excluding hydrogens is 350 g/mol. The molecular formula is C15H21N3O8. The van der Waals surface area contributed by atoms with Crippen LogP contribution in [0.5, 0.6) is 0 Å². The van der Waals surface area contributed by atoms with Gasteiger partial charge in [0.2, 0.25) is 5.91 Å². The first-order chi connectivity index (χ1) is 11.9. The number of Topliss-reactive ketones (excluding diaryl/α,β-unsaturated/α-hetero) is 1. The summed E-state index contributed by atoms with van der Waals surface area (Å²) < 4.78 is 5.13. The van der Waals surface area contributed by atoms with Gasteiger partial charge in [0.05, 0.1) is 18.8 Å². The van der Waals surface area contributed by atoms with E-state index in [1.54, 1.807) is 20.8 Å². The minimum atomic E-state index is -1.70. The Kier molecular flexibility index (Phi) is 6.84. The van der Waals surface area contributed by atoms with Crippen molar-refractivity contribution in [2.45, 2.75) is 38.8 Å². The summed E-state index contributed by atoms with van der Waals surface area (Å²) in [7, 11) is 0. The third kappa shape index (κ3) is 6.16. The van der Waals surface area contributed by atoms with Crippen molar-refractivity contribution in [2.75, 3.05) is 13.2 Å². The van der Waals surface area contributed by atoms with Crippen LogP contribution < -0.4 is 10.6 Å². The summed E-state index contributed by atoms with van der Waals surface area (Å²) >= 11 is 0. The highest BCUT2D eigenvalue weighted by molar-refractivity contribution is 6.33. The molecule has 0 aliphatic carbocycles. The number of rotatable bonds is 6. The number of carboxylic acids is 1. The monoisotopic (exact) mass is 371 g/mol. The van der Waals surface area contributed by atoms with Gasteiger partial charge in [-0.25, -0.2) is 9.59 Å². The maximum Gasteiger partial charge on any atom is 0.435 e. The minimum absolute atomic E-state index is 0.100. The van der Waals surface area contributed by atoms with E-state index in [0.717, 1.165) is 5.06 Å². The Morgan fingerprint density at radius 3 is 2.42 bits per heavy atom. The molecule has 0 aromatic carbocycles. The maximum absolute atomic E-state index is 12.2. The lowest BCUT2D eigenvalue weighted by molar-refractivity contribution is -0.149. The number of nitrogens with one attached hydrogen (secondary N) is 2. The smallest absolute Gasteiger partial charge is 0.435 e. The number of nitrogens with zero attached hydrogens (tertiary/aromatic N) is 1. The number of hydroxylamine groups is 2. The van der Waals surface area contributed by atoms with Gasteiger partial charge in [0.25, 0.3) is 11.7 Å². The van der Waals surface area contributed by atoms with Gasteiger partial charge in [0.15, 0.2) is 0 Å². The molecule has 0 aromatic rings. The zero-order chi connectivity index (χ0) is 20.1. The summed E-state index contributed by atoms with van der Waals surface area (Å²) in [5.74, 6) is -4.59. The molecule has 0 aromatic heterocycles. The number of carbonyl (C=O) groups excluding carboxylic acids is 4. The fourth-order valence-electron chi connectivity index (χ4n) is 1.83. The average molecular weight is 371 g/mol. The van der Waals surface area contributed by atoms with Gasteiger partial charge in [0, 0.05) is 6.42 Å². The molecule has 144 valence electrons. The Bertz CT molecular complexity index is 637. The number of aliphatic carboxylic acids is 1. The van der Waals surface area contributed by atoms with Crippen LogP contribution in [0.1, 0.15) is 27.2 Å². The molecule has 26 heavy (non-hydrogen) atoms. The number of hydrogen-bond donors (Lipinski definition) is 3. The first-order valence-electron chi connectivity index (χ1n) is 7.61. The van der Waals surface area contributed by atoms with Gasteiger partial charge < -0.3 is 20.5 Å². The molecule has 1 fully saturated rings. The third-order valence-corrected chi connectivity index (χ3v) is 2.98. The van der Waals surface area contributed by atoms with Crippen molar-refractivity contribution in [3.63, 3.8) is 0 Å². The molecule has 1 unspecified atom stereocenters. The molecule has 1 saturated heterocycles. The standard InChI is InChI=1S/C15H21N3O8/c1-8(11(20)16-7-10(19)13(22)23)17-12(21)9-5-6-25-18(9)14(24)26-15(2,3)4/h9H,1,5-7H2,2-4H3,(H,16,20)(H,17,21)(H,22,23). The molecule has 0 radical (unpaired) electrons. The van der Waals surface area contributed by atoms with Gasteiger partial charge in [-0.3, -0.25) is 19.2 Å². The molecule has 0 saturated carbocycles. The van der Waals surface area contributed by atoms with Crippen LogP contribution in [-0.4, -0.2) is 64.6 Å². The quantitative estimate of drug-likeness (QED) is 0.411. The highest BCUT2D eigenvalue weighted by Gasteiger charge is 2.38. The molecule has 11 heteroatoms. The molecule has 1 rings (SSSR count). The molecule has 1 aliphatic heterocycles. The van der Waals surface area contributed by atoms with Crippen LogP contribution in [0, 0.1) is 0 Å². The lowest BCUT2D eigenvalue weighted by Gasteiger charge is -2.26. The van der Waals surface area contributed by atoms with Crippen molar-refractivity contribution in [3.05, 3.63) is 12.3 Å². The van der Waals surface area contributed by atoms with E-state index in [2.05, 4.69) is 11.9 Å². The predicted octanol–water partition coefficient (Wildman–Crippen LogP) is -0.673. The van der Waals surface area contributed by atoms with Gasteiger partial charge in [-0.2, -0.15) is 5.06 Å². The predicted molar refractivity (Wildman–Crippen MR) is 85.4 cm³/mol. The van der Waals surface area contributed by atoms with E-state index in [1.807, 2.05) is 5.32 Å². The Hall–Kier alpha value is -2.95. The zero-order valence-electron chi connectivity index (χ0n) is 14.7. The van der Waals surface area contributed by atoms with Crippen LogP contribution in [-0.2, 0) is 28.8 Å². The second-order valence-corrected chi connectivity index (χ2v) is 6.32. The van der Waals surface area contributed by atoms with Crippen molar-refractivity contribution in [2.24, 2.45) is 0 Å². The summed E-state index contributed by atoms with van der Waals surface area (Å²) in [6.45, 7) is 7.65. The zero-order valence-corrected chi connectivity index (χ0v) is 14.7. The van der Waals surface area contributed by atoms with E-state index in [4.69, 9.17) is 14.7 Å². The summed E-state index contributed by atoms with van der Waals surface area (Å²) in [4.78, 5) is 62.4. The number of hydrogen-bond acceptors (Lipinski definition) is 7. The van der Waals surface area contributed by atoms with Gasteiger partial charge in [-0.1, -0.05) is 6.58 Å². The van der Waals surface area contributed by atoms with Crippen LogP contribution in [0.15, 0.2) is 12.3 Å². The molecule has 3 amide bonds. The highest BCUT2D eigenvalue weighted by atomic mass is 16.7. The van der Waals surface area contributed by atoms with Crippen LogP contribution >= 0.6 is 0 Å². The summed E-state index contributed by atoms with van der Waals surface area (Å²) in [5.41, 5.74) is -1.20. The topological polar surface area (TPSA) is 151 Å². The van der Waals surface area contributed by atoms with Crippen molar-refractivity contribution in [1.82, 2.24) is 15.7 Å². The van der Waals surface area contributed by atoms with Crippen molar-refractivity contribution in [3.8, 4) is 0 Å². The molecule has 1 heterocycles. The van der Waals surface area contributed by atoms with Gasteiger partial charge >= 0.3 is 12.1 Å². The second-order valence-electron chi connectivity index (χ2n) is 6.32. The SMILES string of the molecule is C=C(NC(=O)C1CCON1C(=O)OC(C)(C)C)C(=O)NCC(=O)C(=O)O. The number of ketones is 1. The fourth-order valence-corrected chi connectivity index (χ4v) is 1.83. The molecule has 0 spiro atoms. The third-order valence-electron chi connectivity index (χ3n) is 2.98. The van der Waals surface area contributed by atoms with E-state index >= 15 is 0 Å². The maximum atomic E-state index is 12.2. The number of carbonyl (C=O) groups is 5. The number of ether oxygens (including phenoxy) is 1. The molecule has 11 nitrogen and oxygen atoms in total. The normalized spacial score (nSPS) is 16.6. The summed E-state index contributed by atoms with van der Waals surface area (Å²) in [5, 5.41) is 13.4. The van der Waals surface area contributed by atoms with E-state index in [0.29, 0.717) is 0 Å². The Balaban J connectivity index is 2.61. The van der Waals surface area contributed by atoms with Crippen LogP contribution in [0.25, 0.3) is 0 Å². The van der Waals surface area contributed by atoms with E-state index in [9.17, 15) is 24.0 Å². The van der Waals surface area contributed by atoms with Crippen LogP contribution in [0.2, 0.25) is 0 Å². The number of carboxylic acid groups (broad SMARTS) is 1. The van der Waals surface area contributed by atoms with Gasteiger partial charge in [-0.15, -0.1) is 0 Å². The van der Waals surface area contributed by atoms with Gasteiger partial charge in [-0.05, 0) is 20.8 Å². The van der Waals surface area contributed by atoms with Gasteiger partial charge in [0.1, 0.15) is 11.6 Å². The van der Waals surface area contributed by atoms with Crippen molar-refractivity contribution in [1.29, 1.82) is 0 Å². The fraction of sp³-hybridized carbons (Fsp3) is 0.533. The van der Waals surface area contributed by atoms with E-state index < -0.39 is 53.5 Å². The highest BCUT2D eigenvalue weighted by Crippen LogP contribution is 2.19. The van der Waals surface area contributed by atoms with E-state index in [-0.39, 0.29) is 13.0 Å². The Morgan fingerprint density at radius 1 is 1.27 bits per heavy atom. The Labute approximate surface area is 149 Å². The lowest BCUT2D eigenvalue weighted by atomic mass is 10.2. The Morgan fingerprint density at radius 2 is 1.88 bits per heavy atom. The van der Waals surface area contributed by atoms with Crippen LogP contribution in [0.4, 0.5) is 4.79 Å². The van der Waals surface area contributed by atoms with E-state index in [1.165, 1.54) is 0 Å². The minimum Gasteiger partial charge on any atom is -0.475 e. The second kappa shape index (κ2) is 8.43. The first-order valence-corrected chi connectivity index (χ1v) is 7.61. The lowest BCUT2D eigenvalue weighted by Crippen LogP contribution is -2.48. The molecule has 3 N–H and O–H groups in total.